The van der Waals surface area contributed by atoms with Crippen molar-refractivity contribution in [3.63, 3.8) is 0 Å². The molecule has 0 saturated carbocycles. The smallest absolute Gasteiger partial charge is 0.145 e. The summed E-state index contributed by atoms with van der Waals surface area (Å²) < 4.78 is 0. The molecule has 0 atom stereocenters. The largest absolute Gasteiger partial charge is 0.315 e. The molecule has 2 heterocycles. The molecule has 0 amide bonds. The average Bonchev–Trinajstić information content (AvgIpc) is 2.15. The Morgan fingerprint density at radius 1 is 1.64 bits per heavy atom. The molecule has 1 fully saturated rings. The number of nitrogens with one attached hydrogen (secondary N) is 1. The van der Waals surface area contributed by atoms with Gasteiger partial charge in [-0.25, -0.2) is 0 Å². The summed E-state index contributed by atoms with van der Waals surface area (Å²) in [5, 5.41) is 3.13. The number of rotatable bonds is 3. The second-order valence-electron chi connectivity index (χ2n) is 4.13. The highest BCUT2D eigenvalue weighted by Crippen LogP contribution is 2.24. The van der Waals surface area contributed by atoms with Crippen molar-refractivity contribution < 1.29 is 4.79 Å². The maximum Gasteiger partial charge on any atom is 0.145 e. The van der Waals surface area contributed by atoms with Crippen LogP contribution in [0.2, 0.25) is 0 Å². The number of carbonyl (C=O) groups is 1. The monoisotopic (exact) mass is 190 g/mol. The first-order valence-electron chi connectivity index (χ1n) is 4.84. The minimum Gasteiger partial charge on any atom is -0.315 e. The first kappa shape index (κ1) is 9.34. The first-order valence-corrected chi connectivity index (χ1v) is 4.84. The fraction of sp³-hybridized carbons (Fsp3) is 0.455. The molecule has 1 saturated heterocycles. The SMILES string of the molecule is CC1(C(=O)Cc2cccnc2)CNC1. The van der Waals surface area contributed by atoms with Crippen molar-refractivity contribution in [3.8, 4) is 0 Å². The van der Waals surface area contributed by atoms with E-state index in [2.05, 4.69) is 10.3 Å². The summed E-state index contributed by atoms with van der Waals surface area (Å²) in [7, 11) is 0. The van der Waals surface area contributed by atoms with Gasteiger partial charge in [0.1, 0.15) is 5.78 Å². The van der Waals surface area contributed by atoms with E-state index in [0.29, 0.717) is 12.2 Å². The second kappa shape index (κ2) is 3.50. The van der Waals surface area contributed by atoms with Crippen molar-refractivity contribution in [1.29, 1.82) is 0 Å². The molecule has 0 radical (unpaired) electrons. The van der Waals surface area contributed by atoms with Crippen molar-refractivity contribution in [2.45, 2.75) is 13.3 Å². The summed E-state index contributed by atoms with van der Waals surface area (Å²) in [4.78, 5) is 15.8. The minimum atomic E-state index is -0.143. The molecule has 0 unspecified atom stereocenters. The third-order valence-electron chi connectivity index (χ3n) is 2.79. The van der Waals surface area contributed by atoms with Crippen LogP contribution in [0.3, 0.4) is 0 Å². The third kappa shape index (κ3) is 1.68. The number of pyridine rings is 1. The fourth-order valence-corrected chi connectivity index (χ4v) is 1.60. The highest BCUT2D eigenvalue weighted by atomic mass is 16.1. The summed E-state index contributed by atoms with van der Waals surface area (Å²) in [6.45, 7) is 3.64. The second-order valence-corrected chi connectivity index (χ2v) is 4.13. The summed E-state index contributed by atoms with van der Waals surface area (Å²) >= 11 is 0. The van der Waals surface area contributed by atoms with E-state index >= 15 is 0 Å². The molecule has 3 nitrogen and oxygen atoms in total. The molecule has 1 aliphatic heterocycles. The van der Waals surface area contributed by atoms with Gasteiger partial charge < -0.3 is 5.32 Å². The van der Waals surface area contributed by atoms with E-state index in [9.17, 15) is 4.79 Å². The molecule has 0 aromatic carbocycles. The van der Waals surface area contributed by atoms with E-state index in [1.807, 2.05) is 19.1 Å². The maximum atomic E-state index is 11.8. The number of Topliss-reactive ketones (excluding diaryl/α,β-unsaturated/α-hetero) is 1. The predicted molar refractivity (Wildman–Crippen MR) is 53.9 cm³/mol. The molecule has 0 spiro atoms. The van der Waals surface area contributed by atoms with E-state index in [1.54, 1.807) is 12.4 Å². The van der Waals surface area contributed by atoms with Crippen LogP contribution in [-0.4, -0.2) is 23.9 Å². The molecule has 74 valence electrons. The molecule has 1 aromatic rings. The normalized spacial score (nSPS) is 18.6. The lowest BCUT2D eigenvalue weighted by molar-refractivity contribution is -0.129. The molecule has 14 heavy (non-hydrogen) atoms. The molecule has 1 N–H and O–H groups in total. The predicted octanol–water partition coefficient (Wildman–Crippen LogP) is 0.803. The highest BCUT2D eigenvalue weighted by Gasteiger charge is 2.38. The lowest BCUT2D eigenvalue weighted by Gasteiger charge is -2.37. The van der Waals surface area contributed by atoms with Gasteiger partial charge in [0.25, 0.3) is 0 Å². The van der Waals surface area contributed by atoms with Crippen LogP contribution < -0.4 is 5.32 Å². The topological polar surface area (TPSA) is 42.0 Å². The van der Waals surface area contributed by atoms with Crippen LogP contribution in [-0.2, 0) is 11.2 Å². The zero-order chi connectivity index (χ0) is 10.0. The fourth-order valence-electron chi connectivity index (χ4n) is 1.60. The quantitative estimate of drug-likeness (QED) is 0.766. The van der Waals surface area contributed by atoms with E-state index < -0.39 is 0 Å². The molecule has 3 heteroatoms. The van der Waals surface area contributed by atoms with Crippen LogP contribution in [0.4, 0.5) is 0 Å². The molecule has 0 aliphatic carbocycles. The van der Waals surface area contributed by atoms with Gasteiger partial charge >= 0.3 is 0 Å². The van der Waals surface area contributed by atoms with Crippen molar-refractivity contribution >= 4 is 5.78 Å². The minimum absolute atomic E-state index is 0.143. The van der Waals surface area contributed by atoms with Gasteiger partial charge in [0.05, 0.1) is 5.41 Å². The van der Waals surface area contributed by atoms with Crippen LogP contribution in [0.15, 0.2) is 24.5 Å². The van der Waals surface area contributed by atoms with Gasteiger partial charge in [-0.05, 0) is 11.6 Å². The van der Waals surface area contributed by atoms with Crippen LogP contribution in [0.1, 0.15) is 12.5 Å². The maximum absolute atomic E-state index is 11.8. The third-order valence-corrected chi connectivity index (χ3v) is 2.79. The van der Waals surface area contributed by atoms with E-state index in [4.69, 9.17) is 0 Å². The Labute approximate surface area is 83.5 Å². The molecule has 2 rings (SSSR count). The Kier molecular flexibility index (Phi) is 2.33. The average molecular weight is 190 g/mol. The first-order chi connectivity index (χ1) is 6.71. The van der Waals surface area contributed by atoms with Crippen molar-refractivity contribution in [3.05, 3.63) is 30.1 Å². The van der Waals surface area contributed by atoms with E-state index in [-0.39, 0.29) is 5.41 Å². The van der Waals surface area contributed by atoms with Gasteiger partial charge in [-0.1, -0.05) is 13.0 Å². The number of hydrogen-bond acceptors (Lipinski definition) is 3. The Hall–Kier alpha value is -1.22. The number of carbonyl (C=O) groups excluding carboxylic acids is 1. The highest BCUT2D eigenvalue weighted by molar-refractivity contribution is 5.87. The molecular weight excluding hydrogens is 176 g/mol. The number of ketones is 1. The van der Waals surface area contributed by atoms with Crippen molar-refractivity contribution in [2.75, 3.05) is 13.1 Å². The Bertz CT molecular complexity index is 330. The van der Waals surface area contributed by atoms with Crippen molar-refractivity contribution in [1.82, 2.24) is 10.3 Å². The van der Waals surface area contributed by atoms with E-state index in [0.717, 1.165) is 18.7 Å². The zero-order valence-electron chi connectivity index (χ0n) is 8.29. The van der Waals surface area contributed by atoms with Crippen LogP contribution in [0.5, 0.6) is 0 Å². The van der Waals surface area contributed by atoms with Gasteiger partial charge in [0.2, 0.25) is 0 Å². The summed E-state index contributed by atoms with van der Waals surface area (Å²) in [5.41, 5.74) is 0.862. The molecule has 0 bridgehead atoms. The Morgan fingerprint density at radius 3 is 2.93 bits per heavy atom. The van der Waals surface area contributed by atoms with Gasteiger partial charge in [-0.3, -0.25) is 9.78 Å². The van der Waals surface area contributed by atoms with Gasteiger partial charge in [-0.2, -0.15) is 0 Å². The summed E-state index contributed by atoms with van der Waals surface area (Å²) in [6.07, 6.45) is 3.99. The van der Waals surface area contributed by atoms with Crippen LogP contribution >= 0.6 is 0 Å². The molecule has 1 aromatic heterocycles. The number of hydrogen-bond donors (Lipinski definition) is 1. The Morgan fingerprint density at radius 2 is 2.43 bits per heavy atom. The van der Waals surface area contributed by atoms with Crippen LogP contribution in [0, 0.1) is 5.41 Å². The summed E-state index contributed by atoms with van der Waals surface area (Å²) in [6, 6.07) is 3.81. The van der Waals surface area contributed by atoms with Crippen molar-refractivity contribution in [2.24, 2.45) is 5.41 Å². The van der Waals surface area contributed by atoms with Gasteiger partial charge in [0, 0.05) is 31.9 Å². The Balaban J connectivity index is 2.02. The summed E-state index contributed by atoms with van der Waals surface area (Å²) in [5.74, 6) is 0.309. The van der Waals surface area contributed by atoms with Gasteiger partial charge in [-0.15, -0.1) is 0 Å². The van der Waals surface area contributed by atoms with Crippen LogP contribution in [0.25, 0.3) is 0 Å². The van der Waals surface area contributed by atoms with Gasteiger partial charge in [0.15, 0.2) is 0 Å². The lowest BCUT2D eigenvalue weighted by Crippen LogP contribution is -2.56. The lowest BCUT2D eigenvalue weighted by atomic mass is 9.78. The zero-order valence-corrected chi connectivity index (χ0v) is 8.29. The van der Waals surface area contributed by atoms with E-state index in [1.165, 1.54) is 0 Å². The number of nitrogens with zero attached hydrogens (tertiary/aromatic N) is 1. The standard InChI is InChI=1S/C11H14N2O/c1-11(7-13-8-11)10(14)5-9-3-2-4-12-6-9/h2-4,6,13H,5,7-8H2,1H3. The molecular formula is C11H14N2O. The molecule has 1 aliphatic rings. The number of aromatic nitrogens is 1.